The molecule has 2 rings (SSSR count). The van der Waals surface area contributed by atoms with E-state index in [0.717, 1.165) is 35.2 Å². The Bertz CT molecular complexity index is 512. The summed E-state index contributed by atoms with van der Waals surface area (Å²) in [7, 11) is 0. The fourth-order valence-electron chi connectivity index (χ4n) is 1.99. The highest BCUT2D eigenvalue weighted by Crippen LogP contribution is 2.13. The van der Waals surface area contributed by atoms with Gasteiger partial charge in [0.1, 0.15) is 5.65 Å². The van der Waals surface area contributed by atoms with Gasteiger partial charge in [0.05, 0.1) is 11.9 Å². The van der Waals surface area contributed by atoms with Gasteiger partial charge in [0.2, 0.25) is 0 Å². The number of hydrogen-bond donors (Lipinski definition) is 2. The van der Waals surface area contributed by atoms with Gasteiger partial charge in [-0.25, -0.2) is 4.98 Å². The molecule has 0 aromatic carbocycles. The zero-order valence-electron chi connectivity index (χ0n) is 10.4. The molecule has 0 aliphatic carbocycles. The maximum absolute atomic E-state index is 8.97. The van der Waals surface area contributed by atoms with Crippen LogP contribution in [0.25, 0.3) is 5.65 Å². The number of fused-ring (bicyclic) bond motifs is 1. The lowest BCUT2D eigenvalue weighted by atomic mass is 10.1. The number of hydrogen-bond acceptors (Lipinski definition) is 3. The van der Waals surface area contributed by atoms with E-state index < -0.39 is 0 Å². The molecule has 1 unspecified atom stereocenters. The van der Waals surface area contributed by atoms with Gasteiger partial charge in [0.25, 0.3) is 0 Å². The zero-order chi connectivity index (χ0) is 13.0. The van der Waals surface area contributed by atoms with E-state index in [9.17, 15) is 0 Å². The monoisotopic (exact) mass is 311 g/mol. The Hall–Kier alpha value is -0.910. The van der Waals surface area contributed by atoms with E-state index in [1.54, 1.807) is 0 Å². The van der Waals surface area contributed by atoms with Crippen LogP contribution in [0.2, 0.25) is 0 Å². The van der Waals surface area contributed by atoms with Crippen LogP contribution >= 0.6 is 15.9 Å². The molecule has 0 aliphatic rings. The van der Waals surface area contributed by atoms with Crippen LogP contribution < -0.4 is 5.32 Å². The van der Waals surface area contributed by atoms with Gasteiger partial charge in [-0.3, -0.25) is 0 Å². The summed E-state index contributed by atoms with van der Waals surface area (Å²) in [5.41, 5.74) is 2.08. The van der Waals surface area contributed by atoms with E-state index in [0.29, 0.717) is 6.04 Å². The molecule has 2 aromatic heterocycles. The largest absolute Gasteiger partial charge is 0.396 e. The summed E-state index contributed by atoms with van der Waals surface area (Å²) in [4.78, 5) is 4.36. The fourth-order valence-corrected chi connectivity index (χ4v) is 2.33. The SMILES string of the molecule is CCC(CCO)NCc1cnc2ccc(Br)cn12. The number of aromatic nitrogens is 2. The molecule has 0 aliphatic heterocycles. The van der Waals surface area contributed by atoms with E-state index in [-0.39, 0.29) is 6.61 Å². The Labute approximate surface area is 115 Å². The molecule has 2 aromatic rings. The van der Waals surface area contributed by atoms with Crippen molar-refractivity contribution >= 4 is 21.6 Å². The van der Waals surface area contributed by atoms with Crippen LogP contribution in [0.15, 0.2) is 29.0 Å². The molecule has 4 nitrogen and oxygen atoms in total. The first kappa shape index (κ1) is 13.5. The van der Waals surface area contributed by atoms with E-state index in [1.165, 1.54) is 0 Å². The molecule has 18 heavy (non-hydrogen) atoms. The molecule has 0 saturated carbocycles. The average Bonchev–Trinajstić information content (AvgIpc) is 2.77. The summed E-state index contributed by atoms with van der Waals surface area (Å²) in [6, 6.07) is 4.33. The molecule has 1 atom stereocenters. The van der Waals surface area contributed by atoms with Crippen LogP contribution in [0.5, 0.6) is 0 Å². The quantitative estimate of drug-likeness (QED) is 0.861. The molecule has 0 saturated heterocycles. The Morgan fingerprint density at radius 2 is 2.33 bits per heavy atom. The van der Waals surface area contributed by atoms with Gasteiger partial charge < -0.3 is 14.8 Å². The van der Waals surface area contributed by atoms with E-state index in [2.05, 4.69) is 37.6 Å². The predicted octanol–water partition coefficient (Wildman–Crippen LogP) is 2.35. The van der Waals surface area contributed by atoms with Crippen molar-refractivity contribution in [3.63, 3.8) is 0 Å². The number of nitrogens with one attached hydrogen (secondary N) is 1. The van der Waals surface area contributed by atoms with Gasteiger partial charge in [-0.05, 0) is 40.9 Å². The van der Waals surface area contributed by atoms with Crippen molar-refractivity contribution in [2.75, 3.05) is 6.61 Å². The zero-order valence-corrected chi connectivity index (χ0v) is 12.0. The van der Waals surface area contributed by atoms with Crippen molar-refractivity contribution in [2.24, 2.45) is 0 Å². The van der Waals surface area contributed by atoms with Crippen molar-refractivity contribution in [1.29, 1.82) is 0 Å². The lowest BCUT2D eigenvalue weighted by Crippen LogP contribution is -2.29. The summed E-state index contributed by atoms with van der Waals surface area (Å²) in [6.07, 6.45) is 5.71. The third kappa shape index (κ3) is 3.10. The number of aliphatic hydroxyl groups is 1. The van der Waals surface area contributed by atoms with Gasteiger partial charge >= 0.3 is 0 Å². The first-order valence-electron chi connectivity index (χ1n) is 6.20. The van der Waals surface area contributed by atoms with Crippen molar-refractivity contribution in [3.8, 4) is 0 Å². The Balaban J connectivity index is 2.09. The van der Waals surface area contributed by atoms with E-state index in [1.807, 2.05) is 24.5 Å². The molecule has 0 bridgehead atoms. The highest BCUT2D eigenvalue weighted by molar-refractivity contribution is 9.10. The molecule has 2 N–H and O–H groups in total. The molecular weight excluding hydrogens is 294 g/mol. The lowest BCUT2D eigenvalue weighted by Gasteiger charge is -2.15. The fraction of sp³-hybridized carbons (Fsp3) is 0.462. The van der Waals surface area contributed by atoms with Crippen LogP contribution in [0.4, 0.5) is 0 Å². The molecule has 5 heteroatoms. The third-order valence-corrected chi connectivity index (χ3v) is 3.56. The number of halogens is 1. The van der Waals surface area contributed by atoms with Crippen LogP contribution in [-0.2, 0) is 6.54 Å². The number of rotatable bonds is 6. The standard InChI is InChI=1S/C13H18BrN3O/c1-2-11(5-6-18)15-7-12-8-16-13-4-3-10(14)9-17(12)13/h3-4,8-9,11,15,18H,2,5-7H2,1H3. The van der Waals surface area contributed by atoms with Crippen LogP contribution in [0.1, 0.15) is 25.5 Å². The molecular formula is C13H18BrN3O. The molecule has 0 fully saturated rings. The normalized spacial score (nSPS) is 13.1. The summed E-state index contributed by atoms with van der Waals surface area (Å²) in [5, 5.41) is 12.4. The van der Waals surface area contributed by atoms with Gasteiger partial charge in [-0.15, -0.1) is 0 Å². The number of imidazole rings is 1. The van der Waals surface area contributed by atoms with Crippen molar-refractivity contribution in [1.82, 2.24) is 14.7 Å². The summed E-state index contributed by atoms with van der Waals surface area (Å²) >= 11 is 3.47. The Morgan fingerprint density at radius 3 is 3.06 bits per heavy atom. The minimum absolute atomic E-state index is 0.226. The van der Waals surface area contributed by atoms with E-state index >= 15 is 0 Å². The highest BCUT2D eigenvalue weighted by Gasteiger charge is 2.07. The maximum atomic E-state index is 8.97. The van der Waals surface area contributed by atoms with E-state index in [4.69, 9.17) is 5.11 Å². The molecule has 0 spiro atoms. The summed E-state index contributed by atoms with van der Waals surface area (Å²) < 4.78 is 3.11. The lowest BCUT2D eigenvalue weighted by molar-refractivity contribution is 0.261. The summed E-state index contributed by atoms with van der Waals surface area (Å²) in [5.74, 6) is 0. The number of aliphatic hydroxyl groups excluding tert-OH is 1. The van der Waals surface area contributed by atoms with Gasteiger partial charge in [0.15, 0.2) is 0 Å². The van der Waals surface area contributed by atoms with Crippen LogP contribution in [0.3, 0.4) is 0 Å². The van der Waals surface area contributed by atoms with Crippen LogP contribution in [0, 0.1) is 0 Å². The average molecular weight is 312 g/mol. The smallest absolute Gasteiger partial charge is 0.136 e. The minimum atomic E-state index is 0.226. The first-order chi connectivity index (χ1) is 8.74. The second-order valence-electron chi connectivity index (χ2n) is 4.32. The van der Waals surface area contributed by atoms with Gasteiger partial charge in [-0.1, -0.05) is 6.92 Å². The summed E-state index contributed by atoms with van der Waals surface area (Å²) in [6.45, 7) is 3.11. The maximum Gasteiger partial charge on any atom is 0.136 e. The molecule has 98 valence electrons. The topological polar surface area (TPSA) is 49.6 Å². The van der Waals surface area contributed by atoms with Crippen molar-refractivity contribution in [3.05, 3.63) is 34.7 Å². The van der Waals surface area contributed by atoms with Gasteiger partial charge in [-0.2, -0.15) is 0 Å². The Morgan fingerprint density at radius 1 is 1.50 bits per heavy atom. The molecule has 0 radical (unpaired) electrons. The van der Waals surface area contributed by atoms with Crippen molar-refractivity contribution < 1.29 is 5.11 Å². The first-order valence-corrected chi connectivity index (χ1v) is 6.99. The number of nitrogens with zero attached hydrogens (tertiary/aromatic N) is 2. The molecule has 2 heterocycles. The predicted molar refractivity (Wildman–Crippen MR) is 75.5 cm³/mol. The second kappa shape index (κ2) is 6.31. The second-order valence-corrected chi connectivity index (χ2v) is 5.24. The number of pyridine rings is 1. The third-order valence-electron chi connectivity index (χ3n) is 3.09. The van der Waals surface area contributed by atoms with Gasteiger partial charge in [0, 0.05) is 29.9 Å². The van der Waals surface area contributed by atoms with Crippen molar-refractivity contribution in [2.45, 2.75) is 32.4 Å². The minimum Gasteiger partial charge on any atom is -0.396 e. The Kier molecular flexibility index (Phi) is 4.74. The highest BCUT2D eigenvalue weighted by atomic mass is 79.9. The van der Waals surface area contributed by atoms with Crippen LogP contribution in [-0.4, -0.2) is 27.1 Å². The molecule has 0 amide bonds.